The van der Waals surface area contributed by atoms with Crippen molar-refractivity contribution in [2.24, 2.45) is 0 Å². The molecule has 8 heteroatoms. The maximum atomic E-state index is 12.8. The minimum atomic E-state index is -3.45. The molecule has 14 aromatic rings. The first-order valence-electron chi connectivity index (χ1n) is 39.4. The van der Waals surface area contributed by atoms with Crippen molar-refractivity contribution in [3.05, 3.63) is 374 Å². The van der Waals surface area contributed by atoms with E-state index >= 15 is 0 Å². The Morgan fingerprint density at radius 3 is 0.754 bits per heavy atom. The van der Waals surface area contributed by atoms with Crippen LogP contribution in [0, 0.1) is 194 Å². The van der Waals surface area contributed by atoms with E-state index in [0.717, 1.165) is 67.5 Å². The number of rotatable bonds is 8. The number of fused-ring (bicyclic) bond motifs is 3. The number of benzene rings is 14. The van der Waals surface area contributed by atoms with Crippen molar-refractivity contribution in [3.8, 4) is 23.0 Å². The Kier molecular flexibility index (Phi) is 30.0. The van der Waals surface area contributed by atoms with Gasteiger partial charge in [-0.15, -0.1) is 0 Å². The zero-order valence-corrected chi connectivity index (χ0v) is 74.7. The molecule has 0 unspecified atom stereocenters. The Morgan fingerprint density at radius 2 is 0.447 bits per heavy atom. The Labute approximate surface area is 684 Å². The molecule has 0 aliphatic carbocycles. The molecule has 0 spiro atoms. The largest absolute Gasteiger partial charge is 0.457 e. The van der Waals surface area contributed by atoms with Gasteiger partial charge < -0.3 is 9.47 Å². The topological polar surface area (TPSA) is 86.7 Å². The van der Waals surface area contributed by atoms with Gasteiger partial charge in [-0.1, -0.05) is 146 Å². The quantitative estimate of drug-likeness (QED) is 0.151. The monoisotopic (exact) mass is 1550 g/mol. The molecule has 0 aromatic heterocycles. The molecule has 6 nitrogen and oxygen atoms in total. The molecule has 0 amide bonds. The van der Waals surface area contributed by atoms with Crippen molar-refractivity contribution in [3.63, 3.8) is 0 Å². The standard InChI is InChI=1S/2C16H18O2S.2C16H18O.3C14H16/c1-11-5-7-15(9-13(11)3)19(17,18)16-8-6-12(2)14(4)10-16;1-11-7-5-9-15(13(11)3)19(17,18)16-10-6-8-12(2)14(16)4;1-11-5-7-15(9-13(11)3)17-16-8-6-12(2)14(4)10-16;1-11-7-5-9-15(13(11)3)17-16-10-6-8-12(2)14(16)4;1-9-5-13-7-11(3)12(4)8-14(13)6-10(9)2;1-9-5-7-14-12(4)10(2)6-8-13(14)11(9)3;1-9-5-6-11(3)14-12(4)8-7-10(2)13(9)14/h2*5-10H,1-4H3;2*5-10H,1-4H3;3*5-8H,1-4H3. The smallest absolute Gasteiger partial charge is 0.207 e. The highest BCUT2D eigenvalue weighted by Crippen LogP contribution is 2.35. The maximum Gasteiger partial charge on any atom is 0.207 e. The van der Waals surface area contributed by atoms with Gasteiger partial charge in [-0.25, -0.2) is 16.8 Å². The predicted octanol–water partition coefficient (Wildman–Crippen LogP) is 29.2. The lowest BCUT2D eigenvalue weighted by molar-refractivity contribution is 0.474. The molecule has 0 bridgehead atoms. The molecule has 114 heavy (non-hydrogen) atoms. The second-order valence-electron chi connectivity index (χ2n) is 31.5. The summed E-state index contributed by atoms with van der Waals surface area (Å²) < 4.78 is 62.5. The van der Waals surface area contributed by atoms with Crippen LogP contribution < -0.4 is 9.47 Å². The van der Waals surface area contributed by atoms with Gasteiger partial charge in [0.15, 0.2) is 0 Å². The van der Waals surface area contributed by atoms with Gasteiger partial charge in [0, 0.05) is 0 Å². The summed E-state index contributed by atoms with van der Waals surface area (Å²) in [5.41, 5.74) is 34.4. The Hall–Kier alpha value is -10.6. The first kappa shape index (κ1) is 88.9. The van der Waals surface area contributed by atoms with Crippen LogP contribution in [0.15, 0.2) is 238 Å². The van der Waals surface area contributed by atoms with Crippen molar-refractivity contribution in [1.82, 2.24) is 0 Å². The summed E-state index contributed by atoms with van der Waals surface area (Å²) in [4.78, 5) is 1.53. The second-order valence-corrected chi connectivity index (χ2v) is 35.3. The third kappa shape index (κ3) is 21.6. The van der Waals surface area contributed by atoms with Crippen molar-refractivity contribution >= 4 is 52.0 Å². The fourth-order valence-corrected chi connectivity index (χ4v) is 16.8. The summed E-state index contributed by atoms with van der Waals surface area (Å²) in [5, 5.41) is 8.38. The van der Waals surface area contributed by atoms with Crippen LogP contribution in [0.3, 0.4) is 0 Å². The normalized spacial score (nSPS) is 10.9. The molecule has 14 rings (SSSR count). The molecule has 592 valence electrons. The summed E-state index contributed by atoms with van der Waals surface area (Å²) in [7, 11) is -6.86. The van der Waals surface area contributed by atoms with E-state index in [2.05, 4.69) is 248 Å². The van der Waals surface area contributed by atoms with E-state index in [0.29, 0.717) is 19.6 Å². The van der Waals surface area contributed by atoms with Gasteiger partial charge in [-0.3, -0.25) is 0 Å². The summed E-state index contributed by atoms with van der Waals surface area (Å²) in [5.74, 6) is 3.69. The first-order valence-corrected chi connectivity index (χ1v) is 42.4. The zero-order valence-electron chi connectivity index (χ0n) is 73.1. The van der Waals surface area contributed by atoms with Gasteiger partial charge in [-0.05, 0) is 455 Å². The van der Waals surface area contributed by atoms with E-state index in [1.54, 1.807) is 48.5 Å². The van der Waals surface area contributed by atoms with Crippen molar-refractivity contribution < 1.29 is 26.3 Å². The van der Waals surface area contributed by atoms with Crippen LogP contribution in [-0.4, -0.2) is 16.8 Å². The van der Waals surface area contributed by atoms with Crippen LogP contribution in [0.4, 0.5) is 0 Å². The van der Waals surface area contributed by atoms with Crippen LogP contribution in [0.2, 0.25) is 0 Å². The summed E-state index contributed by atoms with van der Waals surface area (Å²) >= 11 is 0. The van der Waals surface area contributed by atoms with Gasteiger partial charge in [0.1, 0.15) is 23.0 Å². The number of hydrogen-bond acceptors (Lipinski definition) is 6. The van der Waals surface area contributed by atoms with Crippen LogP contribution in [0.25, 0.3) is 32.3 Å². The zero-order chi connectivity index (χ0) is 84.1. The lowest BCUT2D eigenvalue weighted by atomic mass is 9.94. The van der Waals surface area contributed by atoms with Gasteiger partial charge in [-0.2, -0.15) is 0 Å². The third-order valence-corrected chi connectivity index (χ3v) is 26.9. The van der Waals surface area contributed by atoms with Crippen LogP contribution in [0.5, 0.6) is 23.0 Å². The Balaban J connectivity index is 0.000000167. The minimum absolute atomic E-state index is 0.360. The summed E-state index contributed by atoms with van der Waals surface area (Å²) in [6.45, 7) is 58.3. The highest BCUT2D eigenvalue weighted by Gasteiger charge is 2.24. The van der Waals surface area contributed by atoms with Crippen LogP contribution in [0.1, 0.15) is 156 Å². The molecule has 0 aliphatic rings. The molecule has 0 saturated carbocycles. The number of aryl methyl sites for hydroxylation is 24. The Morgan fingerprint density at radius 1 is 0.193 bits per heavy atom. The molecule has 0 N–H and O–H groups in total. The first-order chi connectivity index (χ1) is 53.6. The predicted molar refractivity (Wildman–Crippen MR) is 487 cm³/mol. The molecule has 0 aliphatic heterocycles. The lowest BCUT2D eigenvalue weighted by Gasteiger charge is -2.13. The van der Waals surface area contributed by atoms with E-state index in [9.17, 15) is 16.8 Å². The van der Waals surface area contributed by atoms with Crippen molar-refractivity contribution in [2.75, 3.05) is 0 Å². The number of sulfone groups is 2. The molecule has 0 fully saturated rings. The number of ether oxygens (including phenoxy) is 2. The fraction of sp³-hybridized carbons (Fsp3) is 0.264. The summed E-state index contributed by atoms with van der Waals surface area (Å²) in [6.07, 6.45) is 0. The van der Waals surface area contributed by atoms with Gasteiger partial charge in [0.05, 0.1) is 19.6 Å². The van der Waals surface area contributed by atoms with Crippen LogP contribution in [-0.2, 0) is 19.7 Å². The van der Waals surface area contributed by atoms with E-state index in [4.69, 9.17) is 9.47 Å². The third-order valence-electron chi connectivity index (χ3n) is 23.1. The second kappa shape index (κ2) is 38.5. The molecule has 0 atom stereocenters. The lowest BCUT2D eigenvalue weighted by Crippen LogP contribution is -2.07. The average Bonchev–Trinajstić information content (AvgIpc) is 0.797. The highest BCUT2D eigenvalue weighted by molar-refractivity contribution is 7.92. The summed E-state index contributed by atoms with van der Waals surface area (Å²) in [6, 6.07) is 72.8. The van der Waals surface area contributed by atoms with Crippen molar-refractivity contribution in [1.29, 1.82) is 0 Å². The molecule has 0 radical (unpaired) electrons. The maximum absolute atomic E-state index is 12.8. The van der Waals surface area contributed by atoms with Crippen LogP contribution >= 0.6 is 0 Å². The minimum Gasteiger partial charge on any atom is -0.457 e. The number of hydrogen-bond donors (Lipinski definition) is 0. The van der Waals surface area contributed by atoms with E-state index in [-0.39, 0.29) is 0 Å². The molecule has 0 saturated heterocycles. The van der Waals surface area contributed by atoms with Gasteiger partial charge in [0.25, 0.3) is 0 Å². The molecular weight excluding hydrogens is 1430 g/mol. The van der Waals surface area contributed by atoms with Gasteiger partial charge in [0.2, 0.25) is 19.7 Å². The highest BCUT2D eigenvalue weighted by atomic mass is 32.2. The van der Waals surface area contributed by atoms with E-state index in [1.165, 1.54) is 144 Å². The SMILES string of the molecule is Cc1cc2cc(C)c(C)cc2cc1C.Cc1ccc(C)c2c(C)ccc(C)c12.Cc1ccc(Oc2ccc(C)c(C)c2)cc1C.Cc1ccc(S(=O)(=O)c2ccc(C)c(C)c2)cc1C.Cc1ccc2c(C)c(C)ccc2c1C.Cc1cccc(Oc2cccc(C)c2C)c1C.Cc1cccc(S(=O)(=O)c2cccc(C)c2C)c1C. The fourth-order valence-electron chi connectivity index (χ4n) is 13.5. The molecular formula is C106H120O6S2. The Bertz CT molecular complexity index is 5670. The van der Waals surface area contributed by atoms with E-state index < -0.39 is 19.7 Å². The van der Waals surface area contributed by atoms with Gasteiger partial charge >= 0.3 is 0 Å². The molecule has 0 heterocycles. The van der Waals surface area contributed by atoms with Crippen molar-refractivity contribution in [2.45, 2.75) is 213 Å². The van der Waals surface area contributed by atoms with E-state index in [1.807, 2.05) is 116 Å². The molecule has 14 aromatic carbocycles. The average molecular weight is 1550 g/mol.